The lowest BCUT2D eigenvalue weighted by atomic mass is 10.2. The van der Waals surface area contributed by atoms with Crippen LogP contribution in [0.3, 0.4) is 0 Å². The third kappa shape index (κ3) is 5.66. The SMILES string of the molecule is CNS(=O)(=O)c1ccc(/C=C/C(=O)N2CSCC2C(=O)Nc2ccc(OC)cc2)cc1. The van der Waals surface area contributed by atoms with Crippen LogP contribution in [0.15, 0.2) is 59.5 Å². The summed E-state index contributed by atoms with van der Waals surface area (Å²) in [6, 6.07) is 12.6. The van der Waals surface area contributed by atoms with Crippen molar-refractivity contribution in [2.45, 2.75) is 10.9 Å². The van der Waals surface area contributed by atoms with Crippen LogP contribution in [0.25, 0.3) is 6.08 Å². The second kappa shape index (κ2) is 9.99. The number of sulfonamides is 1. The van der Waals surface area contributed by atoms with Gasteiger partial charge in [0.1, 0.15) is 11.8 Å². The average Bonchev–Trinajstić information content (AvgIpc) is 3.28. The van der Waals surface area contributed by atoms with E-state index in [-0.39, 0.29) is 16.7 Å². The Kier molecular flexibility index (Phi) is 7.37. The topological polar surface area (TPSA) is 105 Å². The maximum atomic E-state index is 12.7. The molecule has 1 saturated heterocycles. The molecule has 0 saturated carbocycles. The molecule has 0 radical (unpaired) electrons. The largest absolute Gasteiger partial charge is 0.497 e. The number of methoxy groups -OCH3 is 1. The van der Waals surface area contributed by atoms with Crippen molar-refractivity contribution >= 4 is 45.4 Å². The number of ether oxygens (including phenoxy) is 1. The van der Waals surface area contributed by atoms with E-state index < -0.39 is 16.1 Å². The van der Waals surface area contributed by atoms with Gasteiger partial charge in [0.2, 0.25) is 21.8 Å². The highest BCUT2D eigenvalue weighted by atomic mass is 32.2. The van der Waals surface area contributed by atoms with Crippen LogP contribution in [-0.4, -0.2) is 57.0 Å². The van der Waals surface area contributed by atoms with Crippen molar-refractivity contribution in [2.75, 3.05) is 31.1 Å². The first kappa shape index (κ1) is 22.9. The van der Waals surface area contributed by atoms with Crippen LogP contribution in [0, 0.1) is 0 Å². The van der Waals surface area contributed by atoms with Gasteiger partial charge in [-0.25, -0.2) is 13.1 Å². The van der Waals surface area contributed by atoms with Crippen LogP contribution in [0.5, 0.6) is 5.75 Å². The number of nitrogens with one attached hydrogen (secondary N) is 2. The van der Waals surface area contributed by atoms with Crippen LogP contribution in [0.1, 0.15) is 5.56 Å². The minimum atomic E-state index is -3.51. The number of hydrogen-bond acceptors (Lipinski definition) is 6. The van der Waals surface area contributed by atoms with Crippen LogP contribution < -0.4 is 14.8 Å². The Labute approximate surface area is 185 Å². The van der Waals surface area contributed by atoms with Crippen molar-refractivity contribution in [1.29, 1.82) is 0 Å². The van der Waals surface area contributed by atoms with Gasteiger partial charge in [0.25, 0.3) is 0 Å². The predicted octanol–water partition coefficient (Wildman–Crippen LogP) is 2.16. The lowest BCUT2D eigenvalue weighted by molar-refractivity contribution is -0.132. The summed E-state index contributed by atoms with van der Waals surface area (Å²) in [5.74, 6) is 1.08. The van der Waals surface area contributed by atoms with Crippen LogP contribution >= 0.6 is 11.8 Å². The zero-order valence-corrected chi connectivity index (χ0v) is 18.7. The molecule has 0 aliphatic carbocycles. The molecule has 8 nitrogen and oxygen atoms in total. The molecule has 1 unspecified atom stereocenters. The van der Waals surface area contributed by atoms with E-state index in [1.165, 1.54) is 41.9 Å². The number of carbonyl (C=O) groups is 2. The highest BCUT2D eigenvalue weighted by molar-refractivity contribution is 7.99. The van der Waals surface area contributed by atoms with Gasteiger partial charge in [-0.1, -0.05) is 12.1 Å². The van der Waals surface area contributed by atoms with E-state index >= 15 is 0 Å². The van der Waals surface area contributed by atoms with Gasteiger partial charge in [0.15, 0.2) is 0 Å². The molecule has 1 fully saturated rings. The predicted molar refractivity (Wildman–Crippen MR) is 121 cm³/mol. The number of amides is 2. The molecule has 164 valence electrons. The van der Waals surface area contributed by atoms with Crippen LogP contribution in [0.4, 0.5) is 5.69 Å². The Morgan fingerprint density at radius 2 is 1.81 bits per heavy atom. The summed E-state index contributed by atoms with van der Waals surface area (Å²) in [7, 11) is -0.597. The number of rotatable bonds is 7. The second-order valence-electron chi connectivity index (χ2n) is 6.65. The maximum Gasteiger partial charge on any atom is 0.248 e. The number of thioether (sulfide) groups is 1. The van der Waals surface area contributed by atoms with E-state index in [1.54, 1.807) is 49.6 Å². The van der Waals surface area contributed by atoms with Gasteiger partial charge in [-0.15, -0.1) is 11.8 Å². The van der Waals surface area contributed by atoms with Gasteiger partial charge in [-0.2, -0.15) is 0 Å². The molecular weight excluding hydrogens is 438 g/mol. The van der Waals surface area contributed by atoms with E-state index in [0.717, 1.165) is 0 Å². The minimum Gasteiger partial charge on any atom is -0.497 e. The summed E-state index contributed by atoms with van der Waals surface area (Å²) >= 11 is 1.51. The van der Waals surface area contributed by atoms with Crippen LogP contribution in [0.2, 0.25) is 0 Å². The monoisotopic (exact) mass is 461 g/mol. The van der Waals surface area contributed by atoms with Crippen molar-refractivity contribution < 1.29 is 22.7 Å². The fraction of sp³-hybridized carbons (Fsp3) is 0.238. The Morgan fingerprint density at radius 1 is 1.13 bits per heavy atom. The summed E-state index contributed by atoms with van der Waals surface area (Å²) in [4.78, 5) is 27.0. The fourth-order valence-corrected chi connectivity index (χ4v) is 4.81. The summed E-state index contributed by atoms with van der Waals surface area (Å²) in [5, 5.41) is 2.83. The van der Waals surface area contributed by atoms with E-state index in [0.29, 0.717) is 28.6 Å². The lowest BCUT2D eigenvalue weighted by Gasteiger charge is -2.21. The van der Waals surface area contributed by atoms with Crippen LogP contribution in [-0.2, 0) is 19.6 Å². The standard InChI is InChI=1S/C21H23N3O5S2/c1-22-31(27,28)18-10-3-15(4-11-18)5-12-20(25)24-14-30-13-19(24)21(26)23-16-6-8-17(29-2)9-7-16/h3-12,19,22H,13-14H2,1-2H3,(H,23,26)/b12-5+. The first-order chi connectivity index (χ1) is 14.8. The summed E-state index contributed by atoms with van der Waals surface area (Å²) in [6.45, 7) is 0. The fourth-order valence-electron chi connectivity index (χ4n) is 2.92. The van der Waals surface area contributed by atoms with Gasteiger partial charge in [0, 0.05) is 17.5 Å². The van der Waals surface area contributed by atoms with Crippen molar-refractivity contribution in [3.8, 4) is 5.75 Å². The zero-order valence-electron chi connectivity index (χ0n) is 17.1. The number of carbonyl (C=O) groups excluding carboxylic acids is 2. The van der Waals surface area contributed by atoms with Crippen molar-refractivity contribution in [2.24, 2.45) is 0 Å². The Balaban J connectivity index is 1.64. The molecule has 0 bridgehead atoms. The van der Waals surface area contributed by atoms with E-state index in [2.05, 4.69) is 10.0 Å². The molecule has 0 spiro atoms. The Hall–Kier alpha value is -2.82. The number of hydrogen-bond donors (Lipinski definition) is 2. The summed E-state index contributed by atoms with van der Waals surface area (Å²) in [6.07, 6.45) is 2.99. The molecule has 2 aromatic carbocycles. The summed E-state index contributed by atoms with van der Waals surface area (Å²) in [5.41, 5.74) is 1.30. The van der Waals surface area contributed by atoms with Crippen molar-refractivity contribution in [1.82, 2.24) is 9.62 Å². The molecule has 1 aliphatic heterocycles. The average molecular weight is 462 g/mol. The normalized spacial score (nSPS) is 16.5. The Morgan fingerprint density at radius 3 is 2.42 bits per heavy atom. The van der Waals surface area contributed by atoms with Gasteiger partial charge < -0.3 is 15.0 Å². The smallest absolute Gasteiger partial charge is 0.248 e. The number of anilines is 1. The molecule has 2 N–H and O–H groups in total. The van der Waals surface area contributed by atoms with Gasteiger partial charge in [0.05, 0.1) is 17.9 Å². The summed E-state index contributed by atoms with van der Waals surface area (Å²) < 4.78 is 30.9. The second-order valence-corrected chi connectivity index (χ2v) is 9.54. The molecule has 1 heterocycles. The molecule has 2 aromatic rings. The molecule has 31 heavy (non-hydrogen) atoms. The van der Waals surface area contributed by atoms with Crippen molar-refractivity contribution in [3.05, 3.63) is 60.2 Å². The minimum absolute atomic E-state index is 0.143. The molecule has 3 rings (SSSR count). The first-order valence-corrected chi connectivity index (χ1v) is 12.0. The Bertz CT molecular complexity index is 1070. The molecule has 1 atom stereocenters. The van der Waals surface area contributed by atoms with Crippen molar-refractivity contribution in [3.63, 3.8) is 0 Å². The third-order valence-electron chi connectivity index (χ3n) is 4.70. The van der Waals surface area contributed by atoms with Gasteiger partial charge in [-0.3, -0.25) is 9.59 Å². The van der Waals surface area contributed by atoms with E-state index in [1.807, 2.05) is 0 Å². The first-order valence-electron chi connectivity index (χ1n) is 9.39. The zero-order chi connectivity index (χ0) is 22.4. The molecule has 0 aromatic heterocycles. The molecule has 1 aliphatic rings. The highest BCUT2D eigenvalue weighted by Crippen LogP contribution is 2.23. The van der Waals surface area contributed by atoms with Gasteiger partial charge in [-0.05, 0) is 55.1 Å². The number of benzene rings is 2. The molecular formula is C21H23N3O5S2. The third-order valence-corrected chi connectivity index (χ3v) is 7.15. The molecule has 2 amide bonds. The molecule has 10 heteroatoms. The highest BCUT2D eigenvalue weighted by Gasteiger charge is 2.33. The van der Waals surface area contributed by atoms with Gasteiger partial charge >= 0.3 is 0 Å². The van der Waals surface area contributed by atoms with E-state index in [9.17, 15) is 18.0 Å². The lowest BCUT2D eigenvalue weighted by Crippen LogP contribution is -2.43. The van der Waals surface area contributed by atoms with E-state index in [4.69, 9.17) is 4.74 Å². The maximum absolute atomic E-state index is 12.7. The number of nitrogens with zero attached hydrogens (tertiary/aromatic N) is 1. The quantitative estimate of drug-likeness (QED) is 0.613.